The second-order valence-corrected chi connectivity index (χ2v) is 14.0. The largest absolute Gasteiger partial charge is 0.479 e. The molecule has 0 aromatic heterocycles. The maximum absolute atomic E-state index is 14.1. The van der Waals surface area contributed by atoms with Gasteiger partial charge in [0.15, 0.2) is 0 Å². The number of amides is 5. The number of carboxylic acids is 1. The molecular formula is C32H42ClN5O7. The Bertz CT molecular complexity index is 1390. The van der Waals surface area contributed by atoms with Gasteiger partial charge in [-0.15, -0.1) is 0 Å². The molecule has 0 unspecified atom stereocenters. The zero-order valence-corrected chi connectivity index (χ0v) is 26.7. The van der Waals surface area contributed by atoms with Crippen molar-refractivity contribution in [3.8, 4) is 0 Å². The van der Waals surface area contributed by atoms with Gasteiger partial charge < -0.3 is 30.7 Å². The third kappa shape index (κ3) is 7.54. The number of hydrogen-bond acceptors (Lipinski definition) is 6. The van der Waals surface area contributed by atoms with Gasteiger partial charge in [-0.3, -0.25) is 14.5 Å². The third-order valence-electron chi connectivity index (χ3n) is 8.83. The highest BCUT2D eigenvalue weighted by atomic mass is 35.5. The van der Waals surface area contributed by atoms with E-state index in [4.69, 9.17) is 16.3 Å². The average molecular weight is 644 g/mol. The first kappa shape index (κ1) is 32.6. The number of aliphatic carboxylic acids is 1. The fourth-order valence-corrected chi connectivity index (χ4v) is 6.59. The lowest BCUT2D eigenvalue weighted by Gasteiger charge is -2.30. The summed E-state index contributed by atoms with van der Waals surface area (Å²) in [5, 5.41) is 18.9. The first-order valence-electron chi connectivity index (χ1n) is 15.6. The molecule has 4 aliphatic rings. The van der Waals surface area contributed by atoms with E-state index in [1.165, 1.54) is 9.80 Å². The minimum Gasteiger partial charge on any atom is -0.479 e. The fourth-order valence-electron chi connectivity index (χ4n) is 6.39. The standard InChI is InChI=1S/C32H42ClN5O7/c1-31(2,3)36-29(43)34-24-10-8-6-4-5-7-9-21-15-32(21,28(41)42)35-26(39)25-14-23(18-38(25)27(24)40)45-30(44)37-16-19-11-12-22(33)13-20(19)17-37/h7,9,11-13,21,23-25H,4-6,8,10,14-18H2,1-3H3,(H,35,39)(H,41,42)(H2,34,36,43)/b9-7-/t21-,23+,24-,25-,32+/m0/s1. The van der Waals surface area contributed by atoms with Gasteiger partial charge in [-0.25, -0.2) is 14.4 Å². The van der Waals surface area contributed by atoms with Crippen LogP contribution in [0.25, 0.3) is 0 Å². The molecule has 3 heterocycles. The minimum absolute atomic E-state index is 0.00690. The zero-order chi connectivity index (χ0) is 32.5. The number of urea groups is 1. The summed E-state index contributed by atoms with van der Waals surface area (Å²) < 4.78 is 5.84. The second kappa shape index (κ2) is 12.9. The highest BCUT2D eigenvalue weighted by Gasteiger charge is 2.61. The molecule has 2 fully saturated rings. The number of nitrogens with zero attached hydrogens (tertiary/aromatic N) is 2. The van der Waals surface area contributed by atoms with Crippen LogP contribution in [0.3, 0.4) is 0 Å². The Kier molecular flexibility index (Phi) is 9.34. The van der Waals surface area contributed by atoms with E-state index in [-0.39, 0.29) is 25.3 Å². The van der Waals surface area contributed by atoms with Crippen molar-refractivity contribution in [3.63, 3.8) is 0 Å². The quantitative estimate of drug-likeness (QED) is 0.366. The Hall–Kier alpha value is -3.80. The average Bonchev–Trinajstić information content (AvgIpc) is 3.26. The van der Waals surface area contributed by atoms with E-state index >= 15 is 0 Å². The van der Waals surface area contributed by atoms with Gasteiger partial charge in [-0.1, -0.05) is 42.7 Å². The van der Waals surface area contributed by atoms with E-state index in [1.54, 1.807) is 12.1 Å². The molecule has 0 radical (unpaired) electrons. The molecule has 5 rings (SSSR count). The van der Waals surface area contributed by atoms with Crippen molar-refractivity contribution in [2.45, 2.75) is 108 Å². The molecule has 1 aliphatic carbocycles. The lowest BCUT2D eigenvalue weighted by Crippen LogP contribution is -2.58. The van der Waals surface area contributed by atoms with E-state index in [9.17, 15) is 29.1 Å². The van der Waals surface area contributed by atoms with Crippen LogP contribution < -0.4 is 16.0 Å². The van der Waals surface area contributed by atoms with E-state index < -0.39 is 59.2 Å². The number of rotatable bonds is 3. The SMILES string of the molecule is CC(C)(C)NC(=O)N[C@H]1CCCCC/C=C\[C@H]2C[C@@]2(C(=O)O)NC(=O)[C@@H]2C[C@@H](OC(=O)N3Cc4ccc(Cl)cc4C3)CN2C1=O. The number of carbonyl (C=O) groups is 5. The monoisotopic (exact) mass is 643 g/mol. The molecule has 4 N–H and O–H groups in total. The molecule has 1 aromatic rings. The van der Waals surface area contributed by atoms with Crippen molar-refractivity contribution in [2.24, 2.45) is 5.92 Å². The van der Waals surface area contributed by atoms with Crippen molar-refractivity contribution >= 4 is 41.5 Å². The number of fused-ring (bicyclic) bond motifs is 3. The van der Waals surface area contributed by atoms with E-state index in [0.29, 0.717) is 31.0 Å². The molecule has 1 saturated heterocycles. The third-order valence-corrected chi connectivity index (χ3v) is 9.07. The van der Waals surface area contributed by atoms with Gasteiger partial charge in [0, 0.05) is 36.0 Å². The Morgan fingerprint density at radius 2 is 1.87 bits per heavy atom. The van der Waals surface area contributed by atoms with Gasteiger partial charge in [0.1, 0.15) is 23.7 Å². The Balaban J connectivity index is 1.36. The molecule has 5 amide bonds. The lowest BCUT2D eigenvalue weighted by molar-refractivity contribution is -0.145. The molecule has 13 heteroatoms. The highest BCUT2D eigenvalue weighted by molar-refractivity contribution is 6.30. The van der Waals surface area contributed by atoms with Crippen molar-refractivity contribution in [1.29, 1.82) is 0 Å². The number of carboxylic acid groups (broad SMARTS) is 1. The van der Waals surface area contributed by atoms with Gasteiger partial charge in [0.25, 0.3) is 0 Å². The molecule has 45 heavy (non-hydrogen) atoms. The molecule has 0 bridgehead atoms. The number of allylic oxidation sites excluding steroid dienone is 1. The molecule has 3 aliphatic heterocycles. The molecule has 1 aromatic carbocycles. The second-order valence-electron chi connectivity index (χ2n) is 13.6. The molecule has 1 saturated carbocycles. The van der Waals surface area contributed by atoms with E-state index in [1.807, 2.05) is 39.0 Å². The summed E-state index contributed by atoms with van der Waals surface area (Å²) in [4.78, 5) is 69.1. The number of benzene rings is 1. The predicted octanol–water partition coefficient (Wildman–Crippen LogP) is 3.71. The van der Waals surface area contributed by atoms with Gasteiger partial charge in [-0.2, -0.15) is 0 Å². The lowest BCUT2D eigenvalue weighted by atomic mass is 10.0. The molecule has 12 nitrogen and oxygen atoms in total. The molecular weight excluding hydrogens is 602 g/mol. The van der Waals surface area contributed by atoms with Gasteiger partial charge in [0.05, 0.1) is 6.54 Å². The molecule has 244 valence electrons. The number of halogens is 1. The summed E-state index contributed by atoms with van der Waals surface area (Å²) in [6.45, 7) is 6.07. The van der Waals surface area contributed by atoms with Crippen LogP contribution in [0.15, 0.2) is 30.4 Å². The van der Waals surface area contributed by atoms with Crippen LogP contribution in [-0.4, -0.2) is 80.6 Å². The van der Waals surface area contributed by atoms with Crippen LogP contribution in [0.2, 0.25) is 5.02 Å². The summed E-state index contributed by atoms with van der Waals surface area (Å²) in [5.41, 5.74) is -0.118. The van der Waals surface area contributed by atoms with Crippen LogP contribution in [0, 0.1) is 5.92 Å². The first-order chi connectivity index (χ1) is 21.3. The molecule has 0 spiro atoms. The van der Waals surface area contributed by atoms with Crippen molar-refractivity contribution in [1.82, 2.24) is 25.8 Å². The van der Waals surface area contributed by atoms with Crippen LogP contribution in [0.1, 0.15) is 76.8 Å². The van der Waals surface area contributed by atoms with E-state index in [0.717, 1.165) is 30.4 Å². The number of carbonyl (C=O) groups excluding carboxylic acids is 4. The van der Waals surface area contributed by atoms with Crippen LogP contribution in [0.4, 0.5) is 9.59 Å². The summed E-state index contributed by atoms with van der Waals surface area (Å²) >= 11 is 6.12. The van der Waals surface area contributed by atoms with Crippen molar-refractivity contribution in [2.75, 3.05) is 6.54 Å². The number of nitrogens with one attached hydrogen (secondary N) is 3. The predicted molar refractivity (Wildman–Crippen MR) is 165 cm³/mol. The normalized spacial score (nSPS) is 29.2. The summed E-state index contributed by atoms with van der Waals surface area (Å²) in [7, 11) is 0. The van der Waals surface area contributed by atoms with Gasteiger partial charge in [0.2, 0.25) is 11.8 Å². The minimum atomic E-state index is -1.45. The van der Waals surface area contributed by atoms with E-state index in [2.05, 4.69) is 16.0 Å². The van der Waals surface area contributed by atoms with Crippen molar-refractivity contribution in [3.05, 3.63) is 46.5 Å². The Labute approximate surface area is 267 Å². The van der Waals surface area contributed by atoms with Crippen molar-refractivity contribution < 1.29 is 33.8 Å². The Morgan fingerprint density at radius 1 is 1.11 bits per heavy atom. The highest BCUT2D eigenvalue weighted by Crippen LogP contribution is 2.45. The summed E-state index contributed by atoms with van der Waals surface area (Å²) in [6, 6.07) is 2.90. The van der Waals surface area contributed by atoms with Gasteiger partial charge >= 0.3 is 18.1 Å². The summed E-state index contributed by atoms with van der Waals surface area (Å²) in [5.74, 6) is -2.60. The topological polar surface area (TPSA) is 157 Å². The maximum Gasteiger partial charge on any atom is 0.410 e. The van der Waals surface area contributed by atoms with Crippen LogP contribution in [-0.2, 0) is 32.2 Å². The first-order valence-corrected chi connectivity index (χ1v) is 16.0. The van der Waals surface area contributed by atoms with Gasteiger partial charge in [-0.05, 0) is 69.7 Å². The number of hydrogen-bond donors (Lipinski definition) is 4. The summed E-state index contributed by atoms with van der Waals surface area (Å²) in [6.07, 6.45) is 6.02. The maximum atomic E-state index is 14.1. The Morgan fingerprint density at radius 3 is 2.60 bits per heavy atom. The smallest absolute Gasteiger partial charge is 0.410 e. The molecule has 5 atom stereocenters. The fraction of sp³-hybridized carbons (Fsp3) is 0.594. The van der Waals surface area contributed by atoms with Crippen LogP contribution in [0.5, 0.6) is 0 Å². The number of ether oxygens (including phenoxy) is 1. The van der Waals surface area contributed by atoms with Crippen LogP contribution >= 0.6 is 11.6 Å². The zero-order valence-electron chi connectivity index (χ0n) is 25.9.